The average Bonchev–Trinajstić information content (AvgIpc) is 3.21. The fraction of sp³-hybridized carbons (Fsp3) is 0.941. The van der Waals surface area contributed by atoms with Gasteiger partial charge in [-0.15, -0.1) is 0 Å². The minimum Gasteiger partial charge on any atom is -0.464 e. The van der Waals surface area contributed by atoms with Crippen molar-refractivity contribution < 1.29 is 14.3 Å². The van der Waals surface area contributed by atoms with Crippen molar-refractivity contribution in [2.75, 3.05) is 6.61 Å². The van der Waals surface area contributed by atoms with Crippen LogP contribution in [0.2, 0.25) is 0 Å². The van der Waals surface area contributed by atoms with E-state index < -0.39 is 0 Å². The number of unbranched alkanes of at least 4 members (excludes halogenated alkanes) is 9. The van der Waals surface area contributed by atoms with Gasteiger partial charge in [0.25, 0.3) is 0 Å². The molecule has 0 radical (unpaired) electrons. The second-order valence-electron chi connectivity index (χ2n) is 5.82. The number of ether oxygens (including phenoxy) is 2. The molecule has 2 unspecified atom stereocenters. The highest BCUT2D eigenvalue weighted by Crippen LogP contribution is 2.28. The molecule has 3 nitrogen and oxygen atoms in total. The van der Waals surface area contributed by atoms with Gasteiger partial charge in [-0.25, -0.2) is 4.79 Å². The van der Waals surface area contributed by atoms with Crippen LogP contribution in [0.1, 0.15) is 84.5 Å². The number of carbonyl (C=O) groups is 1. The second-order valence-corrected chi connectivity index (χ2v) is 5.82. The molecular weight excluding hydrogens is 252 g/mol. The van der Waals surface area contributed by atoms with Crippen LogP contribution in [-0.4, -0.2) is 24.8 Å². The minimum atomic E-state index is -0.256. The van der Waals surface area contributed by atoms with E-state index in [2.05, 4.69) is 6.92 Å². The molecule has 1 rings (SSSR count). The van der Waals surface area contributed by atoms with E-state index in [1.165, 1.54) is 64.2 Å². The Morgan fingerprint density at radius 2 is 1.45 bits per heavy atom. The van der Waals surface area contributed by atoms with E-state index in [9.17, 15) is 4.79 Å². The average molecular weight is 284 g/mol. The van der Waals surface area contributed by atoms with Crippen molar-refractivity contribution in [1.82, 2.24) is 0 Å². The molecule has 0 aromatic carbocycles. The topological polar surface area (TPSA) is 38.8 Å². The van der Waals surface area contributed by atoms with Crippen LogP contribution < -0.4 is 0 Å². The maximum atomic E-state index is 11.4. The fourth-order valence-corrected chi connectivity index (χ4v) is 2.63. The predicted octanol–water partition coefficient (Wildman–Crippen LogP) is 4.63. The lowest BCUT2D eigenvalue weighted by Crippen LogP contribution is -2.13. The molecular formula is C17H32O3. The summed E-state index contributed by atoms with van der Waals surface area (Å²) in [5, 5.41) is 0. The molecule has 1 fully saturated rings. The van der Waals surface area contributed by atoms with E-state index in [4.69, 9.17) is 9.47 Å². The standard InChI is InChI=1S/C17H32O3/c1-3-5-6-7-8-9-10-11-12-13-14-15-16(20-15)17(18)19-4-2/h15-16H,3-14H2,1-2H3. The summed E-state index contributed by atoms with van der Waals surface area (Å²) in [5.41, 5.74) is 0. The van der Waals surface area contributed by atoms with Crippen molar-refractivity contribution in [2.45, 2.75) is 96.7 Å². The van der Waals surface area contributed by atoms with Crippen LogP contribution in [0, 0.1) is 0 Å². The molecule has 20 heavy (non-hydrogen) atoms. The fourth-order valence-electron chi connectivity index (χ4n) is 2.63. The van der Waals surface area contributed by atoms with Crippen molar-refractivity contribution in [2.24, 2.45) is 0 Å². The van der Waals surface area contributed by atoms with E-state index in [0.717, 1.165) is 6.42 Å². The molecule has 0 N–H and O–H groups in total. The summed E-state index contributed by atoms with van der Waals surface area (Å²) in [4.78, 5) is 11.4. The summed E-state index contributed by atoms with van der Waals surface area (Å²) in [7, 11) is 0. The first-order valence-corrected chi connectivity index (χ1v) is 8.61. The molecule has 0 aromatic rings. The Morgan fingerprint density at radius 1 is 0.900 bits per heavy atom. The molecule has 2 atom stereocenters. The lowest BCUT2D eigenvalue weighted by molar-refractivity contribution is -0.144. The zero-order chi connectivity index (χ0) is 14.6. The van der Waals surface area contributed by atoms with Crippen molar-refractivity contribution in [1.29, 1.82) is 0 Å². The largest absolute Gasteiger partial charge is 0.464 e. The van der Waals surface area contributed by atoms with Crippen LogP contribution in [0.4, 0.5) is 0 Å². The Kier molecular flexibility index (Phi) is 9.73. The molecule has 1 aliphatic rings. The van der Waals surface area contributed by atoms with Gasteiger partial charge < -0.3 is 9.47 Å². The highest BCUT2D eigenvalue weighted by molar-refractivity contribution is 5.77. The Morgan fingerprint density at radius 3 is 2.00 bits per heavy atom. The summed E-state index contributed by atoms with van der Waals surface area (Å²) < 4.78 is 10.3. The Bertz CT molecular complexity index is 253. The number of carbonyl (C=O) groups excluding carboxylic acids is 1. The monoisotopic (exact) mass is 284 g/mol. The summed E-state index contributed by atoms with van der Waals surface area (Å²) in [5.74, 6) is -0.176. The summed E-state index contributed by atoms with van der Waals surface area (Å²) in [6.45, 7) is 4.54. The maximum absolute atomic E-state index is 11.4. The number of rotatable bonds is 13. The van der Waals surface area contributed by atoms with Gasteiger partial charge in [-0.05, 0) is 13.3 Å². The summed E-state index contributed by atoms with van der Waals surface area (Å²) >= 11 is 0. The van der Waals surface area contributed by atoms with Crippen LogP contribution in [-0.2, 0) is 14.3 Å². The third kappa shape index (κ3) is 7.88. The zero-order valence-corrected chi connectivity index (χ0v) is 13.4. The summed E-state index contributed by atoms with van der Waals surface area (Å²) in [6, 6.07) is 0. The van der Waals surface area contributed by atoms with Crippen LogP contribution in [0.3, 0.4) is 0 Å². The molecule has 118 valence electrons. The van der Waals surface area contributed by atoms with E-state index in [0.29, 0.717) is 6.61 Å². The molecule has 3 heteroatoms. The van der Waals surface area contributed by atoms with Crippen molar-refractivity contribution in [3.05, 3.63) is 0 Å². The van der Waals surface area contributed by atoms with Gasteiger partial charge in [-0.3, -0.25) is 0 Å². The number of hydrogen-bond acceptors (Lipinski definition) is 3. The lowest BCUT2D eigenvalue weighted by atomic mass is 10.0. The first kappa shape index (κ1) is 17.5. The SMILES string of the molecule is CCCCCCCCCCCCC1OC1C(=O)OCC. The van der Waals surface area contributed by atoms with E-state index in [1.54, 1.807) is 0 Å². The van der Waals surface area contributed by atoms with Gasteiger partial charge >= 0.3 is 5.97 Å². The van der Waals surface area contributed by atoms with Gasteiger partial charge in [0.1, 0.15) is 0 Å². The van der Waals surface area contributed by atoms with Crippen molar-refractivity contribution in [3.63, 3.8) is 0 Å². The molecule has 0 aromatic heterocycles. The van der Waals surface area contributed by atoms with E-state index >= 15 is 0 Å². The molecule has 1 aliphatic heterocycles. The molecule has 0 spiro atoms. The Balaban J connectivity index is 1.79. The lowest BCUT2D eigenvalue weighted by Gasteiger charge is -2.01. The first-order chi connectivity index (χ1) is 9.79. The Labute approximate surface area is 124 Å². The van der Waals surface area contributed by atoms with E-state index in [1.807, 2.05) is 6.92 Å². The molecule has 0 amide bonds. The van der Waals surface area contributed by atoms with E-state index in [-0.39, 0.29) is 18.2 Å². The van der Waals surface area contributed by atoms with Gasteiger partial charge in [-0.1, -0.05) is 71.1 Å². The highest BCUT2D eigenvalue weighted by atomic mass is 16.6. The zero-order valence-electron chi connectivity index (χ0n) is 13.4. The number of esters is 1. The molecule has 0 aliphatic carbocycles. The third-order valence-electron chi connectivity index (χ3n) is 3.94. The van der Waals surface area contributed by atoms with Gasteiger partial charge in [0.2, 0.25) is 0 Å². The number of epoxide rings is 1. The summed E-state index contributed by atoms with van der Waals surface area (Å²) in [6.07, 6.45) is 14.3. The maximum Gasteiger partial charge on any atom is 0.337 e. The molecule has 1 saturated heterocycles. The van der Waals surface area contributed by atoms with Crippen LogP contribution in [0.5, 0.6) is 0 Å². The van der Waals surface area contributed by atoms with Gasteiger partial charge in [0.15, 0.2) is 6.10 Å². The minimum absolute atomic E-state index is 0.142. The second kappa shape index (κ2) is 11.1. The van der Waals surface area contributed by atoms with Crippen LogP contribution in [0.25, 0.3) is 0 Å². The first-order valence-electron chi connectivity index (χ1n) is 8.61. The van der Waals surface area contributed by atoms with Gasteiger partial charge in [0, 0.05) is 0 Å². The predicted molar refractivity (Wildman–Crippen MR) is 81.8 cm³/mol. The van der Waals surface area contributed by atoms with Gasteiger partial charge in [-0.2, -0.15) is 0 Å². The van der Waals surface area contributed by atoms with Crippen LogP contribution in [0.15, 0.2) is 0 Å². The van der Waals surface area contributed by atoms with Crippen molar-refractivity contribution in [3.8, 4) is 0 Å². The molecule has 0 bridgehead atoms. The molecule has 0 saturated carbocycles. The normalized spacial score (nSPS) is 20.9. The third-order valence-corrected chi connectivity index (χ3v) is 3.94. The van der Waals surface area contributed by atoms with Gasteiger partial charge in [0.05, 0.1) is 12.7 Å². The highest BCUT2D eigenvalue weighted by Gasteiger charge is 2.45. The Hall–Kier alpha value is -0.570. The number of hydrogen-bond donors (Lipinski definition) is 0. The van der Waals surface area contributed by atoms with Crippen molar-refractivity contribution >= 4 is 5.97 Å². The van der Waals surface area contributed by atoms with Crippen LogP contribution >= 0.6 is 0 Å². The smallest absolute Gasteiger partial charge is 0.337 e. The molecule has 1 heterocycles. The quantitative estimate of drug-likeness (QED) is 0.281.